The van der Waals surface area contributed by atoms with Crippen LogP contribution in [-0.2, 0) is 0 Å². The molecule has 0 atom stereocenters. The molecule has 138 valence electrons. The predicted molar refractivity (Wildman–Crippen MR) is 104 cm³/mol. The van der Waals surface area contributed by atoms with Crippen LogP contribution in [-0.4, -0.2) is 6.21 Å². The second kappa shape index (κ2) is 7.18. The summed E-state index contributed by atoms with van der Waals surface area (Å²) in [5.74, 6) is -0.705. The van der Waals surface area contributed by atoms with Gasteiger partial charge in [0.2, 0.25) is 0 Å². The van der Waals surface area contributed by atoms with E-state index in [2.05, 4.69) is 31.3 Å². The van der Waals surface area contributed by atoms with E-state index in [0.717, 1.165) is 11.9 Å². The van der Waals surface area contributed by atoms with E-state index >= 15 is 0 Å². The molecular formula is C22H26F2N2. The Balaban J connectivity index is 1.78. The fraction of sp³-hybridized carbons (Fsp3) is 0.409. The first kappa shape index (κ1) is 18.6. The van der Waals surface area contributed by atoms with Crippen LogP contribution in [0.25, 0.3) is 0 Å². The molecule has 0 aliphatic heterocycles. The van der Waals surface area contributed by atoms with Gasteiger partial charge in [0, 0.05) is 23.0 Å². The molecule has 0 radical (unpaired) electrons. The molecule has 0 spiro atoms. The van der Waals surface area contributed by atoms with Gasteiger partial charge in [-0.25, -0.2) is 8.78 Å². The summed E-state index contributed by atoms with van der Waals surface area (Å²) >= 11 is 0. The maximum Gasteiger partial charge on any atom is 0.153 e. The average Bonchev–Trinajstić information content (AvgIpc) is 2.62. The topological polar surface area (TPSA) is 35.9 Å². The SMILES string of the molecule is Cc1c(F)cc(C=N)c(Nc2ccc(C3CCC(C)(C)CC3)cc2)c1F. The minimum absolute atomic E-state index is 0.0421. The van der Waals surface area contributed by atoms with Crippen LogP contribution in [0.5, 0.6) is 0 Å². The molecule has 4 heteroatoms. The van der Waals surface area contributed by atoms with E-state index in [0.29, 0.717) is 11.3 Å². The third-order valence-electron chi connectivity index (χ3n) is 5.62. The van der Waals surface area contributed by atoms with Crippen molar-refractivity contribution in [3.63, 3.8) is 0 Å². The Bertz CT molecular complexity index is 800. The van der Waals surface area contributed by atoms with E-state index in [1.807, 2.05) is 12.1 Å². The first-order valence-electron chi connectivity index (χ1n) is 9.17. The molecule has 1 aliphatic rings. The molecule has 1 aliphatic carbocycles. The maximum absolute atomic E-state index is 14.4. The second-order valence-electron chi connectivity index (χ2n) is 8.09. The normalized spacial score (nSPS) is 17.1. The zero-order valence-electron chi connectivity index (χ0n) is 15.6. The van der Waals surface area contributed by atoms with Crippen LogP contribution in [0.2, 0.25) is 0 Å². The van der Waals surface area contributed by atoms with Crippen LogP contribution in [0.4, 0.5) is 20.2 Å². The zero-order valence-corrected chi connectivity index (χ0v) is 15.6. The van der Waals surface area contributed by atoms with Gasteiger partial charge < -0.3 is 10.7 Å². The summed E-state index contributed by atoms with van der Waals surface area (Å²) in [6, 6.07) is 9.22. The average molecular weight is 356 g/mol. The number of hydrogen-bond donors (Lipinski definition) is 2. The molecule has 2 aromatic carbocycles. The molecule has 0 unspecified atom stereocenters. The van der Waals surface area contributed by atoms with Crippen molar-refractivity contribution in [1.29, 1.82) is 5.41 Å². The van der Waals surface area contributed by atoms with Gasteiger partial charge in [-0.2, -0.15) is 0 Å². The molecule has 2 nitrogen and oxygen atoms in total. The fourth-order valence-corrected chi connectivity index (χ4v) is 3.69. The Morgan fingerprint density at radius 3 is 2.31 bits per heavy atom. The van der Waals surface area contributed by atoms with Gasteiger partial charge in [0.15, 0.2) is 5.82 Å². The Morgan fingerprint density at radius 2 is 1.73 bits per heavy atom. The van der Waals surface area contributed by atoms with Crippen LogP contribution in [0.15, 0.2) is 30.3 Å². The van der Waals surface area contributed by atoms with E-state index in [9.17, 15) is 8.78 Å². The lowest BCUT2D eigenvalue weighted by Crippen LogP contribution is -2.20. The van der Waals surface area contributed by atoms with Crippen molar-refractivity contribution in [2.45, 2.75) is 52.4 Å². The van der Waals surface area contributed by atoms with Gasteiger partial charge in [-0.3, -0.25) is 0 Å². The van der Waals surface area contributed by atoms with Crippen LogP contribution < -0.4 is 5.32 Å². The van der Waals surface area contributed by atoms with Crippen molar-refractivity contribution in [3.05, 3.63) is 58.7 Å². The van der Waals surface area contributed by atoms with E-state index in [4.69, 9.17) is 5.41 Å². The van der Waals surface area contributed by atoms with Crippen molar-refractivity contribution in [1.82, 2.24) is 0 Å². The summed E-state index contributed by atoms with van der Waals surface area (Å²) in [5.41, 5.74) is 2.79. The lowest BCUT2D eigenvalue weighted by molar-refractivity contribution is 0.224. The quantitative estimate of drug-likeness (QED) is 0.588. The highest BCUT2D eigenvalue weighted by molar-refractivity contribution is 5.88. The first-order chi connectivity index (χ1) is 12.3. The Hall–Kier alpha value is -2.23. The molecule has 26 heavy (non-hydrogen) atoms. The van der Waals surface area contributed by atoms with Crippen LogP contribution in [0.1, 0.15) is 62.1 Å². The molecule has 1 saturated carbocycles. The van der Waals surface area contributed by atoms with E-state index < -0.39 is 11.6 Å². The number of halogens is 2. The highest BCUT2D eigenvalue weighted by atomic mass is 19.1. The third-order valence-corrected chi connectivity index (χ3v) is 5.62. The van der Waals surface area contributed by atoms with Crippen LogP contribution >= 0.6 is 0 Å². The number of hydrogen-bond acceptors (Lipinski definition) is 2. The zero-order chi connectivity index (χ0) is 18.9. The van der Waals surface area contributed by atoms with Crippen molar-refractivity contribution in [2.75, 3.05) is 5.32 Å². The van der Waals surface area contributed by atoms with Gasteiger partial charge in [-0.05, 0) is 67.7 Å². The lowest BCUT2D eigenvalue weighted by Gasteiger charge is -2.34. The Kier molecular flexibility index (Phi) is 5.12. The minimum atomic E-state index is -0.651. The monoisotopic (exact) mass is 356 g/mol. The number of benzene rings is 2. The molecule has 3 rings (SSSR count). The van der Waals surface area contributed by atoms with Crippen LogP contribution in [0, 0.1) is 29.4 Å². The summed E-state index contributed by atoms with van der Waals surface area (Å²) in [6.07, 6.45) is 5.83. The molecule has 0 saturated heterocycles. The predicted octanol–water partition coefficient (Wildman–Crippen LogP) is 6.70. The van der Waals surface area contributed by atoms with Gasteiger partial charge in [-0.1, -0.05) is 26.0 Å². The number of anilines is 2. The summed E-state index contributed by atoms with van der Waals surface area (Å²) in [7, 11) is 0. The van der Waals surface area contributed by atoms with Gasteiger partial charge in [0.1, 0.15) is 5.82 Å². The molecule has 2 aromatic rings. The van der Waals surface area contributed by atoms with E-state index in [-0.39, 0.29) is 16.8 Å². The lowest BCUT2D eigenvalue weighted by atomic mass is 9.71. The van der Waals surface area contributed by atoms with Gasteiger partial charge in [-0.15, -0.1) is 0 Å². The largest absolute Gasteiger partial charge is 0.353 e. The minimum Gasteiger partial charge on any atom is -0.353 e. The summed E-state index contributed by atoms with van der Waals surface area (Å²) in [6.45, 7) is 6.06. The summed E-state index contributed by atoms with van der Waals surface area (Å²) < 4.78 is 28.1. The van der Waals surface area contributed by atoms with Crippen molar-refractivity contribution >= 4 is 17.6 Å². The maximum atomic E-state index is 14.4. The van der Waals surface area contributed by atoms with Gasteiger partial charge in [0.25, 0.3) is 0 Å². The van der Waals surface area contributed by atoms with Crippen molar-refractivity contribution in [3.8, 4) is 0 Å². The van der Waals surface area contributed by atoms with Gasteiger partial charge in [0.05, 0.1) is 5.69 Å². The first-order valence-corrected chi connectivity index (χ1v) is 9.17. The summed E-state index contributed by atoms with van der Waals surface area (Å²) in [4.78, 5) is 0. The van der Waals surface area contributed by atoms with E-state index in [1.165, 1.54) is 44.2 Å². The Morgan fingerprint density at radius 1 is 1.12 bits per heavy atom. The molecular weight excluding hydrogens is 330 g/mol. The Labute approximate surface area is 154 Å². The molecule has 0 heterocycles. The molecule has 1 fully saturated rings. The van der Waals surface area contributed by atoms with Crippen molar-refractivity contribution < 1.29 is 8.78 Å². The highest BCUT2D eigenvalue weighted by Gasteiger charge is 2.27. The molecule has 0 amide bonds. The molecule has 0 bridgehead atoms. The number of rotatable bonds is 4. The van der Waals surface area contributed by atoms with Gasteiger partial charge >= 0.3 is 0 Å². The molecule has 0 aromatic heterocycles. The molecule has 2 N–H and O–H groups in total. The summed E-state index contributed by atoms with van der Waals surface area (Å²) in [5, 5.41) is 10.4. The highest BCUT2D eigenvalue weighted by Crippen LogP contribution is 2.42. The van der Waals surface area contributed by atoms with Crippen LogP contribution in [0.3, 0.4) is 0 Å². The second-order valence-corrected chi connectivity index (χ2v) is 8.09. The fourth-order valence-electron chi connectivity index (χ4n) is 3.69. The standard InChI is InChI=1S/C22H26F2N2/c1-14-19(23)12-17(13-25)21(20(14)24)26-18-6-4-15(5-7-18)16-8-10-22(2,3)11-9-16/h4-7,12-13,16,25-26H,8-11H2,1-3H3. The number of nitrogens with one attached hydrogen (secondary N) is 2. The smallest absolute Gasteiger partial charge is 0.153 e. The van der Waals surface area contributed by atoms with Crippen molar-refractivity contribution in [2.24, 2.45) is 5.41 Å². The van der Waals surface area contributed by atoms with E-state index in [1.54, 1.807) is 0 Å². The third kappa shape index (κ3) is 3.79.